The van der Waals surface area contributed by atoms with Crippen molar-refractivity contribution in [2.45, 2.75) is 0 Å². The topological polar surface area (TPSA) is 79.9 Å². The highest BCUT2D eigenvalue weighted by molar-refractivity contribution is 7.80. The summed E-state index contributed by atoms with van der Waals surface area (Å²) in [6, 6.07) is 10.2. The minimum Gasteiger partial charge on any atom is -0.497 e. The lowest BCUT2D eigenvalue weighted by atomic mass is 10.1. The molecule has 7 nitrogen and oxygen atoms in total. The largest absolute Gasteiger partial charge is 0.497 e. The highest BCUT2D eigenvalue weighted by atomic mass is 32.1. The first-order valence-corrected chi connectivity index (χ1v) is 8.49. The number of ether oxygens (including phenoxy) is 2. The fraction of sp³-hybridized carbons (Fsp3) is 0.105. The van der Waals surface area contributed by atoms with Crippen molar-refractivity contribution in [1.82, 2.24) is 5.32 Å². The Morgan fingerprint density at radius 3 is 2.25 bits per heavy atom. The van der Waals surface area contributed by atoms with Crippen LogP contribution < -0.4 is 25.0 Å². The van der Waals surface area contributed by atoms with Gasteiger partial charge < -0.3 is 14.8 Å². The molecule has 0 bridgehead atoms. The molecule has 1 saturated heterocycles. The van der Waals surface area contributed by atoms with Crippen LogP contribution in [0.4, 0.5) is 15.8 Å². The van der Waals surface area contributed by atoms with E-state index < -0.39 is 17.6 Å². The summed E-state index contributed by atoms with van der Waals surface area (Å²) in [5, 5.41) is 5.26. The Bertz CT molecular complexity index is 953. The SMILES string of the molecule is COc1cc(N/C=C2/C(=O)NC(=S)N(c3ccc(F)cc3)C2=O)cc(OC)c1. The van der Waals surface area contributed by atoms with Gasteiger partial charge in [-0.25, -0.2) is 4.39 Å². The lowest BCUT2D eigenvalue weighted by molar-refractivity contribution is -0.122. The van der Waals surface area contributed by atoms with Gasteiger partial charge in [-0.2, -0.15) is 0 Å². The van der Waals surface area contributed by atoms with Gasteiger partial charge in [-0.3, -0.25) is 19.8 Å². The quantitative estimate of drug-likeness (QED) is 0.456. The van der Waals surface area contributed by atoms with E-state index >= 15 is 0 Å². The van der Waals surface area contributed by atoms with Crippen molar-refractivity contribution in [3.05, 3.63) is 60.1 Å². The van der Waals surface area contributed by atoms with Gasteiger partial charge in [0.1, 0.15) is 22.9 Å². The van der Waals surface area contributed by atoms with E-state index in [9.17, 15) is 14.0 Å². The minimum atomic E-state index is -0.643. The number of nitrogens with one attached hydrogen (secondary N) is 2. The van der Waals surface area contributed by atoms with E-state index in [2.05, 4.69) is 10.6 Å². The van der Waals surface area contributed by atoms with Gasteiger partial charge >= 0.3 is 0 Å². The second-order valence-electron chi connectivity index (χ2n) is 5.68. The van der Waals surface area contributed by atoms with Gasteiger partial charge in [0.25, 0.3) is 11.8 Å². The molecule has 2 N–H and O–H groups in total. The van der Waals surface area contributed by atoms with Crippen LogP contribution >= 0.6 is 12.2 Å². The molecule has 2 aromatic rings. The van der Waals surface area contributed by atoms with E-state index in [-0.39, 0.29) is 10.7 Å². The van der Waals surface area contributed by atoms with E-state index in [4.69, 9.17) is 21.7 Å². The Labute approximate surface area is 165 Å². The monoisotopic (exact) mass is 401 g/mol. The van der Waals surface area contributed by atoms with Crippen LogP contribution in [-0.2, 0) is 9.59 Å². The van der Waals surface area contributed by atoms with Crippen LogP contribution in [-0.4, -0.2) is 31.1 Å². The third-order valence-corrected chi connectivity index (χ3v) is 4.21. The number of hydrogen-bond acceptors (Lipinski definition) is 6. The summed E-state index contributed by atoms with van der Waals surface area (Å²) in [7, 11) is 3.02. The molecular weight excluding hydrogens is 385 g/mol. The molecule has 0 aliphatic carbocycles. The Morgan fingerprint density at radius 2 is 1.68 bits per heavy atom. The van der Waals surface area contributed by atoms with Gasteiger partial charge in [-0.05, 0) is 36.5 Å². The molecule has 0 aromatic heterocycles. The van der Waals surface area contributed by atoms with Crippen molar-refractivity contribution in [1.29, 1.82) is 0 Å². The molecule has 1 aliphatic heterocycles. The molecule has 1 fully saturated rings. The van der Waals surface area contributed by atoms with Crippen molar-refractivity contribution in [2.75, 3.05) is 24.4 Å². The Morgan fingerprint density at radius 1 is 1.07 bits per heavy atom. The van der Waals surface area contributed by atoms with Crippen LogP contribution in [0, 0.1) is 5.82 Å². The molecular formula is C19H16FN3O4S. The van der Waals surface area contributed by atoms with E-state index in [0.29, 0.717) is 22.9 Å². The molecule has 0 unspecified atom stereocenters. The summed E-state index contributed by atoms with van der Waals surface area (Å²) >= 11 is 5.09. The molecule has 2 amide bonds. The molecule has 1 heterocycles. The summed E-state index contributed by atoms with van der Waals surface area (Å²) < 4.78 is 23.5. The fourth-order valence-electron chi connectivity index (χ4n) is 2.53. The third-order valence-electron chi connectivity index (χ3n) is 3.92. The van der Waals surface area contributed by atoms with Crippen molar-refractivity contribution in [2.24, 2.45) is 0 Å². The molecule has 3 rings (SSSR count). The molecule has 144 valence electrons. The maximum absolute atomic E-state index is 13.2. The summed E-state index contributed by atoms with van der Waals surface area (Å²) in [5.41, 5.74) is 0.718. The summed E-state index contributed by atoms with van der Waals surface area (Å²) in [6.45, 7) is 0. The number of halogens is 1. The number of hydrogen-bond donors (Lipinski definition) is 2. The Hall–Kier alpha value is -3.46. The summed E-state index contributed by atoms with van der Waals surface area (Å²) in [5.74, 6) is -0.659. The van der Waals surface area contributed by atoms with Crippen molar-refractivity contribution >= 4 is 40.5 Å². The van der Waals surface area contributed by atoms with E-state index in [1.807, 2.05) is 0 Å². The normalized spacial score (nSPS) is 15.5. The minimum absolute atomic E-state index is 0.0817. The molecule has 28 heavy (non-hydrogen) atoms. The first-order chi connectivity index (χ1) is 13.4. The smallest absolute Gasteiger partial charge is 0.271 e. The zero-order valence-electron chi connectivity index (χ0n) is 15.0. The van der Waals surface area contributed by atoms with E-state index in [1.54, 1.807) is 18.2 Å². The lowest BCUT2D eigenvalue weighted by Gasteiger charge is -2.28. The van der Waals surface area contributed by atoms with Crippen molar-refractivity contribution in [3.8, 4) is 11.5 Å². The van der Waals surface area contributed by atoms with Crippen LogP contribution in [0.2, 0.25) is 0 Å². The number of carbonyl (C=O) groups is 2. The molecule has 0 saturated carbocycles. The number of carbonyl (C=O) groups excluding carboxylic acids is 2. The van der Waals surface area contributed by atoms with Gasteiger partial charge in [0, 0.05) is 30.1 Å². The van der Waals surface area contributed by atoms with Crippen LogP contribution in [0.1, 0.15) is 0 Å². The van der Waals surface area contributed by atoms with E-state index in [1.165, 1.54) is 44.7 Å². The number of nitrogens with zero attached hydrogens (tertiary/aromatic N) is 1. The van der Waals surface area contributed by atoms with Gasteiger partial charge in [-0.1, -0.05) is 0 Å². The number of amides is 2. The number of rotatable bonds is 5. The molecule has 0 atom stereocenters. The summed E-state index contributed by atoms with van der Waals surface area (Å²) in [4.78, 5) is 26.2. The zero-order chi connectivity index (χ0) is 20.3. The van der Waals surface area contributed by atoms with Crippen LogP contribution in [0.25, 0.3) is 0 Å². The maximum atomic E-state index is 13.2. The fourth-order valence-corrected chi connectivity index (χ4v) is 2.81. The highest BCUT2D eigenvalue weighted by Gasteiger charge is 2.34. The molecule has 2 aromatic carbocycles. The average Bonchev–Trinajstić information content (AvgIpc) is 2.68. The van der Waals surface area contributed by atoms with Gasteiger partial charge in [0.2, 0.25) is 0 Å². The Balaban J connectivity index is 1.90. The van der Waals surface area contributed by atoms with Gasteiger partial charge in [0.05, 0.1) is 19.9 Å². The van der Waals surface area contributed by atoms with Crippen molar-refractivity contribution in [3.63, 3.8) is 0 Å². The van der Waals surface area contributed by atoms with Crippen molar-refractivity contribution < 1.29 is 23.5 Å². The number of methoxy groups -OCH3 is 2. The average molecular weight is 401 g/mol. The predicted molar refractivity (Wildman–Crippen MR) is 106 cm³/mol. The lowest BCUT2D eigenvalue weighted by Crippen LogP contribution is -2.54. The van der Waals surface area contributed by atoms with Gasteiger partial charge in [0.15, 0.2) is 5.11 Å². The van der Waals surface area contributed by atoms with Crippen LogP contribution in [0.15, 0.2) is 54.2 Å². The number of benzene rings is 2. The third kappa shape index (κ3) is 3.94. The second-order valence-corrected chi connectivity index (χ2v) is 6.07. The van der Waals surface area contributed by atoms with Crippen LogP contribution in [0.5, 0.6) is 11.5 Å². The first kappa shape index (κ1) is 19.3. The molecule has 1 aliphatic rings. The maximum Gasteiger partial charge on any atom is 0.271 e. The highest BCUT2D eigenvalue weighted by Crippen LogP contribution is 2.26. The second kappa shape index (κ2) is 8.05. The number of thiocarbonyl (C=S) groups is 1. The van der Waals surface area contributed by atoms with Gasteiger partial charge in [-0.15, -0.1) is 0 Å². The zero-order valence-corrected chi connectivity index (χ0v) is 15.8. The first-order valence-electron chi connectivity index (χ1n) is 8.08. The van der Waals surface area contributed by atoms with E-state index in [0.717, 1.165) is 4.90 Å². The predicted octanol–water partition coefficient (Wildman–Crippen LogP) is 2.59. The Kier molecular flexibility index (Phi) is 5.55. The standard InChI is InChI=1S/C19H16FN3O4S/c1-26-14-7-12(8-15(9-14)27-2)21-10-16-17(24)22-19(28)23(18(16)25)13-5-3-11(20)4-6-13/h3-10,21H,1-2H3,(H,22,24,28)/b16-10-. The molecule has 0 spiro atoms. The molecule has 9 heteroatoms. The number of anilines is 2. The van der Waals surface area contributed by atoms with Crippen LogP contribution in [0.3, 0.4) is 0 Å². The summed E-state index contributed by atoms with van der Waals surface area (Å²) in [6.07, 6.45) is 1.27. The molecule has 0 radical (unpaired) electrons.